The van der Waals surface area contributed by atoms with E-state index in [0.717, 1.165) is 24.0 Å². The molecule has 1 saturated carbocycles. The van der Waals surface area contributed by atoms with Crippen LogP contribution >= 0.6 is 0 Å². The van der Waals surface area contributed by atoms with Crippen LogP contribution in [-0.4, -0.2) is 31.1 Å². The number of anilines is 1. The van der Waals surface area contributed by atoms with Crippen molar-refractivity contribution in [3.63, 3.8) is 0 Å². The van der Waals surface area contributed by atoms with Crippen molar-refractivity contribution in [2.75, 3.05) is 11.9 Å². The molecule has 7 heteroatoms. The summed E-state index contributed by atoms with van der Waals surface area (Å²) in [6.45, 7) is 5.31. The molecule has 0 aliphatic heterocycles. The van der Waals surface area contributed by atoms with Gasteiger partial charge in [-0.05, 0) is 32.6 Å². The predicted molar refractivity (Wildman–Crippen MR) is 79.2 cm³/mol. The summed E-state index contributed by atoms with van der Waals surface area (Å²) in [6, 6.07) is 1.79. The molecule has 1 aliphatic carbocycles. The maximum absolute atomic E-state index is 12.1. The molecule has 7 nitrogen and oxygen atoms in total. The molecule has 112 valence electrons. The molecule has 0 atom stereocenters. The van der Waals surface area contributed by atoms with Crippen LogP contribution < -0.4 is 10.9 Å². The Morgan fingerprint density at radius 1 is 1.38 bits per heavy atom. The summed E-state index contributed by atoms with van der Waals surface area (Å²) < 4.78 is 3.21. The first kappa shape index (κ1) is 13.8. The zero-order chi connectivity index (χ0) is 14.8. The number of nitrogens with one attached hydrogen (secondary N) is 1. The Morgan fingerprint density at radius 3 is 2.86 bits per heavy atom. The fourth-order valence-electron chi connectivity index (χ4n) is 2.19. The Hall–Kier alpha value is -2.18. The lowest BCUT2D eigenvalue weighted by atomic mass is 10.4. The number of aromatic nitrogens is 5. The van der Waals surface area contributed by atoms with Crippen LogP contribution in [0.4, 0.5) is 5.69 Å². The van der Waals surface area contributed by atoms with Gasteiger partial charge in [-0.15, -0.1) is 0 Å². The van der Waals surface area contributed by atoms with Crippen LogP contribution in [0.2, 0.25) is 0 Å². The maximum atomic E-state index is 12.1. The Balaban J connectivity index is 1.73. The molecular formula is C14H20N6O. The van der Waals surface area contributed by atoms with Gasteiger partial charge in [0.25, 0.3) is 5.56 Å². The Bertz CT molecular complexity index is 670. The lowest BCUT2D eigenvalue weighted by molar-refractivity contribution is 0.482. The van der Waals surface area contributed by atoms with E-state index in [1.165, 1.54) is 23.9 Å². The summed E-state index contributed by atoms with van der Waals surface area (Å²) in [5.74, 6) is 1.50. The van der Waals surface area contributed by atoms with Gasteiger partial charge in [0.2, 0.25) is 0 Å². The molecule has 1 fully saturated rings. The van der Waals surface area contributed by atoms with E-state index in [9.17, 15) is 4.79 Å². The molecular weight excluding hydrogens is 268 g/mol. The van der Waals surface area contributed by atoms with E-state index in [2.05, 4.69) is 20.5 Å². The normalized spacial score (nSPS) is 14.6. The molecule has 3 rings (SSSR count). The quantitative estimate of drug-likeness (QED) is 0.866. The van der Waals surface area contributed by atoms with Gasteiger partial charge in [-0.2, -0.15) is 10.2 Å². The molecule has 0 unspecified atom stereocenters. The van der Waals surface area contributed by atoms with Gasteiger partial charge in [-0.3, -0.25) is 4.79 Å². The first-order chi connectivity index (χ1) is 10.1. The molecule has 1 aliphatic rings. The smallest absolute Gasteiger partial charge is 0.269 e. The summed E-state index contributed by atoms with van der Waals surface area (Å²) in [5.41, 5.74) is 0.655. The Kier molecular flexibility index (Phi) is 3.72. The highest BCUT2D eigenvalue weighted by atomic mass is 16.1. The highest BCUT2D eigenvalue weighted by Gasteiger charge is 2.20. The minimum Gasteiger partial charge on any atom is -0.383 e. The van der Waals surface area contributed by atoms with Gasteiger partial charge >= 0.3 is 0 Å². The van der Waals surface area contributed by atoms with Crippen molar-refractivity contribution in [3.8, 4) is 0 Å². The fourth-order valence-corrected chi connectivity index (χ4v) is 2.19. The van der Waals surface area contributed by atoms with Gasteiger partial charge in [0.15, 0.2) is 0 Å². The second-order valence-corrected chi connectivity index (χ2v) is 5.78. The maximum Gasteiger partial charge on any atom is 0.269 e. The SMILES string of the molecule is CC(C)n1ncnc1Cn1ncc(NCC2CC2)cc1=O. The van der Waals surface area contributed by atoms with Gasteiger partial charge in [-0.25, -0.2) is 14.3 Å². The first-order valence-electron chi connectivity index (χ1n) is 7.33. The van der Waals surface area contributed by atoms with E-state index < -0.39 is 0 Å². The third-order valence-corrected chi connectivity index (χ3v) is 3.59. The topological polar surface area (TPSA) is 77.6 Å². The molecule has 0 radical (unpaired) electrons. The minimum atomic E-state index is -0.130. The van der Waals surface area contributed by atoms with Gasteiger partial charge in [0.1, 0.15) is 18.7 Å². The number of hydrogen-bond donors (Lipinski definition) is 1. The van der Waals surface area contributed by atoms with Crippen molar-refractivity contribution in [2.24, 2.45) is 5.92 Å². The summed E-state index contributed by atoms with van der Waals surface area (Å²) in [5, 5.41) is 11.6. The van der Waals surface area contributed by atoms with Crippen molar-refractivity contribution in [3.05, 3.63) is 34.8 Å². The molecule has 0 saturated heterocycles. The van der Waals surface area contributed by atoms with E-state index >= 15 is 0 Å². The van der Waals surface area contributed by atoms with E-state index in [-0.39, 0.29) is 11.6 Å². The highest BCUT2D eigenvalue weighted by Crippen LogP contribution is 2.28. The number of rotatable bonds is 6. The van der Waals surface area contributed by atoms with Gasteiger partial charge in [0.05, 0.1) is 11.9 Å². The van der Waals surface area contributed by atoms with E-state index in [4.69, 9.17) is 0 Å². The van der Waals surface area contributed by atoms with Gasteiger partial charge in [0, 0.05) is 18.7 Å². The van der Waals surface area contributed by atoms with Crippen LogP contribution in [0.25, 0.3) is 0 Å². The molecule has 0 spiro atoms. The van der Waals surface area contributed by atoms with Crippen LogP contribution in [0, 0.1) is 5.92 Å². The van der Waals surface area contributed by atoms with Crippen molar-refractivity contribution >= 4 is 5.69 Å². The van der Waals surface area contributed by atoms with Gasteiger partial charge in [-0.1, -0.05) is 0 Å². The zero-order valence-electron chi connectivity index (χ0n) is 12.4. The molecule has 0 bridgehead atoms. The molecule has 2 aromatic rings. The number of nitrogens with zero attached hydrogens (tertiary/aromatic N) is 5. The fraction of sp³-hybridized carbons (Fsp3) is 0.571. The Morgan fingerprint density at radius 2 is 2.19 bits per heavy atom. The third-order valence-electron chi connectivity index (χ3n) is 3.59. The van der Waals surface area contributed by atoms with Crippen molar-refractivity contribution < 1.29 is 0 Å². The summed E-state index contributed by atoms with van der Waals surface area (Å²) >= 11 is 0. The predicted octanol–water partition coefficient (Wildman–Crippen LogP) is 1.29. The average Bonchev–Trinajstić information content (AvgIpc) is 3.16. The van der Waals surface area contributed by atoms with E-state index in [1.54, 1.807) is 16.9 Å². The third kappa shape index (κ3) is 3.29. The lowest BCUT2D eigenvalue weighted by Crippen LogP contribution is -2.25. The van der Waals surface area contributed by atoms with Crippen LogP contribution in [0.1, 0.15) is 38.6 Å². The van der Waals surface area contributed by atoms with Gasteiger partial charge < -0.3 is 5.32 Å². The average molecular weight is 288 g/mol. The lowest BCUT2D eigenvalue weighted by Gasteiger charge is -2.10. The van der Waals surface area contributed by atoms with Crippen LogP contribution in [0.3, 0.4) is 0 Å². The molecule has 0 amide bonds. The van der Waals surface area contributed by atoms with Crippen molar-refractivity contribution in [2.45, 2.75) is 39.3 Å². The first-order valence-corrected chi connectivity index (χ1v) is 7.33. The zero-order valence-corrected chi connectivity index (χ0v) is 12.4. The largest absolute Gasteiger partial charge is 0.383 e. The summed E-state index contributed by atoms with van der Waals surface area (Å²) in [4.78, 5) is 16.3. The minimum absolute atomic E-state index is 0.130. The Labute approximate surface area is 123 Å². The second kappa shape index (κ2) is 5.67. The molecule has 0 aromatic carbocycles. The van der Waals surface area contributed by atoms with Crippen LogP contribution in [0.15, 0.2) is 23.4 Å². The van der Waals surface area contributed by atoms with Crippen LogP contribution in [-0.2, 0) is 6.54 Å². The van der Waals surface area contributed by atoms with Crippen molar-refractivity contribution in [1.29, 1.82) is 0 Å². The van der Waals surface area contributed by atoms with Crippen LogP contribution in [0.5, 0.6) is 0 Å². The number of hydrogen-bond acceptors (Lipinski definition) is 5. The second-order valence-electron chi connectivity index (χ2n) is 5.78. The highest BCUT2D eigenvalue weighted by molar-refractivity contribution is 5.39. The monoisotopic (exact) mass is 288 g/mol. The molecule has 2 aromatic heterocycles. The summed E-state index contributed by atoms with van der Waals surface area (Å²) in [7, 11) is 0. The van der Waals surface area contributed by atoms with Crippen molar-refractivity contribution in [1.82, 2.24) is 24.5 Å². The van der Waals surface area contributed by atoms with E-state index in [0.29, 0.717) is 6.54 Å². The van der Waals surface area contributed by atoms with E-state index in [1.807, 2.05) is 13.8 Å². The molecule has 2 heterocycles. The molecule has 21 heavy (non-hydrogen) atoms. The molecule has 1 N–H and O–H groups in total. The standard InChI is InChI=1S/C14H20N6O/c1-10(2)20-13(16-9-18-20)8-19-14(21)5-12(7-17-19)15-6-11-3-4-11/h5,7,9-11,15H,3-4,6,8H2,1-2H3. The summed E-state index contributed by atoms with van der Waals surface area (Å²) in [6.07, 6.45) is 5.76.